The number of hydrogen-bond acceptors (Lipinski definition) is 2. The first-order chi connectivity index (χ1) is 13.0. The van der Waals surface area contributed by atoms with Gasteiger partial charge in [-0.3, -0.25) is 4.79 Å². The van der Waals surface area contributed by atoms with Crippen LogP contribution in [-0.2, 0) is 9.53 Å². The maximum absolute atomic E-state index is 14.5. The molecule has 28 heavy (non-hydrogen) atoms. The van der Waals surface area contributed by atoms with Crippen LogP contribution >= 0.6 is 0 Å². The molecule has 0 atom stereocenters. The second kappa shape index (κ2) is 6.71. The van der Waals surface area contributed by atoms with E-state index in [4.69, 9.17) is 4.74 Å². The zero-order valence-electron chi connectivity index (χ0n) is 18.7. The van der Waals surface area contributed by atoms with Gasteiger partial charge in [0.2, 0.25) is 0 Å². The third-order valence-electron chi connectivity index (χ3n) is 9.16. The van der Waals surface area contributed by atoms with Gasteiger partial charge in [-0.1, -0.05) is 13.8 Å². The lowest BCUT2D eigenvalue weighted by molar-refractivity contribution is -0.185. The van der Waals surface area contributed by atoms with Crippen LogP contribution in [0.5, 0.6) is 0 Å². The van der Waals surface area contributed by atoms with Gasteiger partial charge in [0.05, 0.1) is 5.41 Å². The average Bonchev–Trinajstić information content (AvgIpc) is 2.63. The van der Waals surface area contributed by atoms with Crippen molar-refractivity contribution in [3.8, 4) is 0 Å². The van der Waals surface area contributed by atoms with E-state index >= 15 is 0 Å². The highest BCUT2D eigenvalue weighted by atomic mass is 19.1. The van der Waals surface area contributed by atoms with Gasteiger partial charge in [0.1, 0.15) is 11.3 Å². The molecule has 0 radical (unpaired) electrons. The molecule has 0 unspecified atom stereocenters. The lowest BCUT2D eigenvalue weighted by Gasteiger charge is -2.54. The topological polar surface area (TPSA) is 26.3 Å². The average molecular weight is 393 g/mol. The number of carbonyl (C=O) groups is 1. The van der Waals surface area contributed by atoms with Gasteiger partial charge in [0.15, 0.2) is 0 Å². The van der Waals surface area contributed by atoms with E-state index in [1.165, 1.54) is 25.7 Å². The number of rotatable bonds is 6. The van der Waals surface area contributed by atoms with E-state index in [1.807, 2.05) is 0 Å². The van der Waals surface area contributed by atoms with Crippen LogP contribution in [0.15, 0.2) is 0 Å². The number of fused-ring (bicyclic) bond motifs is 6. The van der Waals surface area contributed by atoms with Gasteiger partial charge in [-0.2, -0.15) is 0 Å². The van der Waals surface area contributed by atoms with Crippen LogP contribution in [0.3, 0.4) is 0 Å². The Morgan fingerprint density at radius 1 is 0.857 bits per heavy atom. The SMILES string of the molecule is CC(C)CC12CCC(C(=O)OC(C)(C)CC34CCC(F)(CC3)CC4)(CC1)CC2. The monoisotopic (exact) mass is 392 g/mol. The maximum Gasteiger partial charge on any atom is 0.312 e. The van der Waals surface area contributed by atoms with E-state index in [1.54, 1.807) is 0 Å². The second-order valence-electron chi connectivity index (χ2n) is 12.4. The number of ether oxygens (including phenoxy) is 1. The van der Waals surface area contributed by atoms with Crippen molar-refractivity contribution in [1.29, 1.82) is 0 Å². The van der Waals surface area contributed by atoms with E-state index in [0.717, 1.165) is 50.9 Å². The molecule has 160 valence electrons. The van der Waals surface area contributed by atoms with Crippen LogP contribution < -0.4 is 0 Å². The normalized spacial score (nSPS) is 42.8. The van der Waals surface area contributed by atoms with Gasteiger partial charge in [-0.15, -0.1) is 0 Å². The minimum absolute atomic E-state index is 0.0678. The first-order valence-corrected chi connectivity index (χ1v) is 11.9. The zero-order chi connectivity index (χ0) is 20.3. The molecular weight excluding hydrogens is 351 g/mol. The summed E-state index contributed by atoms with van der Waals surface area (Å²) in [5, 5.41) is 0. The van der Waals surface area contributed by atoms with Crippen molar-refractivity contribution in [1.82, 2.24) is 0 Å². The zero-order valence-corrected chi connectivity index (χ0v) is 18.7. The highest BCUT2D eigenvalue weighted by Gasteiger charge is 2.55. The Labute approximate surface area is 171 Å². The van der Waals surface area contributed by atoms with Crippen molar-refractivity contribution in [2.75, 3.05) is 0 Å². The van der Waals surface area contributed by atoms with Gasteiger partial charge < -0.3 is 4.74 Å². The summed E-state index contributed by atoms with van der Waals surface area (Å²) in [5.74, 6) is 0.808. The molecule has 0 spiro atoms. The molecule has 0 aliphatic heterocycles. The molecular formula is C25H41FO2. The van der Waals surface area contributed by atoms with Gasteiger partial charge in [-0.05, 0) is 120 Å². The number of carbonyl (C=O) groups excluding carboxylic acids is 1. The molecule has 0 amide bonds. The summed E-state index contributed by atoms with van der Waals surface area (Å²) in [6.07, 6.45) is 13.9. The Bertz CT molecular complexity index is 571. The molecule has 0 heterocycles. The Hall–Kier alpha value is -0.600. The third-order valence-corrected chi connectivity index (χ3v) is 9.16. The summed E-state index contributed by atoms with van der Waals surface area (Å²) in [6, 6.07) is 0. The fourth-order valence-electron chi connectivity index (χ4n) is 7.52. The summed E-state index contributed by atoms with van der Waals surface area (Å²) in [4.78, 5) is 13.3. The molecule has 0 aromatic heterocycles. The predicted molar refractivity (Wildman–Crippen MR) is 111 cm³/mol. The largest absolute Gasteiger partial charge is 0.459 e. The fourth-order valence-corrected chi connectivity index (χ4v) is 7.52. The van der Waals surface area contributed by atoms with Gasteiger partial charge in [0, 0.05) is 0 Å². The molecule has 2 nitrogen and oxygen atoms in total. The highest BCUT2D eigenvalue weighted by Crippen LogP contribution is 2.61. The molecule has 0 aromatic carbocycles. The summed E-state index contributed by atoms with van der Waals surface area (Å²) in [7, 11) is 0. The molecule has 6 fully saturated rings. The smallest absolute Gasteiger partial charge is 0.312 e. The van der Waals surface area contributed by atoms with Crippen LogP contribution in [0.1, 0.15) is 118 Å². The van der Waals surface area contributed by atoms with Gasteiger partial charge in [0.25, 0.3) is 0 Å². The van der Waals surface area contributed by atoms with E-state index in [-0.39, 0.29) is 16.8 Å². The molecule has 0 aromatic rings. The van der Waals surface area contributed by atoms with E-state index in [0.29, 0.717) is 24.7 Å². The van der Waals surface area contributed by atoms with E-state index < -0.39 is 11.3 Å². The van der Waals surface area contributed by atoms with Crippen molar-refractivity contribution in [2.45, 2.75) is 129 Å². The quantitative estimate of drug-likeness (QED) is 0.449. The molecule has 6 aliphatic rings. The summed E-state index contributed by atoms with van der Waals surface area (Å²) >= 11 is 0. The predicted octanol–water partition coefficient (Wildman–Crippen LogP) is 7.15. The van der Waals surface area contributed by atoms with Gasteiger partial charge in [-0.25, -0.2) is 4.39 Å². The third kappa shape index (κ3) is 3.76. The highest BCUT2D eigenvalue weighted by molar-refractivity contribution is 5.77. The Morgan fingerprint density at radius 2 is 1.32 bits per heavy atom. The molecule has 6 aliphatic carbocycles. The van der Waals surface area contributed by atoms with Crippen molar-refractivity contribution in [2.24, 2.45) is 22.2 Å². The Morgan fingerprint density at radius 3 is 1.79 bits per heavy atom. The number of alkyl halides is 1. The standard InChI is InChI=1S/C25H41FO2/c1-19(2)17-22-5-11-24(12-6-22,13-7-22)20(27)28-21(3,4)18-23-8-14-25(26,15-9-23)16-10-23/h19H,5-18H2,1-4H3. The first kappa shape index (κ1) is 20.7. The Kier molecular flexibility index (Phi) is 4.95. The van der Waals surface area contributed by atoms with Crippen molar-refractivity contribution in [3.63, 3.8) is 0 Å². The van der Waals surface area contributed by atoms with E-state index in [9.17, 15) is 9.18 Å². The minimum Gasteiger partial charge on any atom is -0.459 e. The van der Waals surface area contributed by atoms with Crippen LogP contribution in [0.4, 0.5) is 4.39 Å². The molecule has 6 rings (SSSR count). The van der Waals surface area contributed by atoms with Crippen LogP contribution in [0.25, 0.3) is 0 Å². The molecule has 3 heteroatoms. The van der Waals surface area contributed by atoms with Crippen LogP contribution in [0.2, 0.25) is 0 Å². The lowest BCUT2D eigenvalue weighted by Crippen LogP contribution is -2.50. The number of halogens is 1. The van der Waals surface area contributed by atoms with E-state index in [2.05, 4.69) is 27.7 Å². The van der Waals surface area contributed by atoms with Crippen LogP contribution in [-0.4, -0.2) is 17.2 Å². The minimum atomic E-state index is -0.895. The number of hydrogen-bond donors (Lipinski definition) is 0. The molecule has 0 N–H and O–H groups in total. The molecule has 0 saturated heterocycles. The molecule has 6 saturated carbocycles. The van der Waals surface area contributed by atoms with Crippen molar-refractivity contribution >= 4 is 5.97 Å². The lowest BCUT2D eigenvalue weighted by atomic mass is 9.52. The van der Waals surface area contributed by atoms with Gasteiger partial charge >= 0.3 is 5.97 Å². The summed E-state index contributed by atoms with van der Waals surface area (Å²) in [5.41, 5.74) is -0.868. The molecule has 4 bridgehead atoms. The first-order valence-electron chi connectivity index (χ1n) is 11.9. The van der Waals surface area contributed by atoms with Crippen molar-refractivity contribution < 1.29 is 13.9 Å². The fraction of sp³-hybridized carbons (Fsp3) is 0.960. The van der Waals surface area contributed by atoms with Crippen molar-refractivity contribution in [3.05, 3.63) is 0 Å². The summed E-state index contributed by atoms with van der Waals surface area (Å²) < 4.78 is 20.8. The van der Waals surface area contributed by atoms with Crippen LogP contribution in [0, 0.1) is 22.2 Å². The maximum atomic E-state index is 14.5. The summed E-state index contributed by atoms with van der Waals surface area (Å²) in [6.45, 7) is 8.84. The second-order valence-corrected chi connectivity index (χ2v) is 12.4. The Balaban J connectivity index is 1.37. The number of esters is 1.